The lowest BCUT2D eigenvalue weighted by Crippen LogP contribution is -2.27. The fourth-order valence-electron chi connectivity index (χ4n) is 2.81. The minimum Gasteiger partial charge on any atom is -0.308 e. The van der Waals surface area contributed by atoms with Crippen LogP contribution in [0.2, 0.25) is 5.02 Å². The van der Waals surface area contributed by atoms with Gasteiger partial charge in [0.2, 0.25) is 10.0 Å². The molecule has 1 aliphatic heterocycles. The fraction of sp³-hybridized carbons (Fsp3) is 0.211. The summed E-state index contributed by atoms with van der Waals surface area (Å²) < 4.78 is 25.7. The van der Waals surface area contributed by atoms with Crippen LogP contribution in [0, 0.1) is 0 Å². The normalized spacial score (nSPS) is 14.2. The number of nitrogens with zero attached hydrogens (tertiary/aromatic N) is 2. The van der Waals surface area contributed by atoms with Crippen LogP contribution in [-0.4, -0.2) is 39.3 Å². The summed E-state index contributed by atoms with van der Waals surface area (Å²) in [6.45, 7) is 0.532. The minimum atomic E-state index is -3.48. The van der Waals surface area contributed by atoms with Crippen LogP contribution in [0.3, 0.4) is 0 Å². The molecule has 0 fully saturated rings. The molecule has 0 aliphatic carbocycles. The average molecular weight is 391 g/mol. The molecule has 1 amide bonds. The molecule has 0 atom stereocenters. The predicted octanol–water partition coefficient (Wildman–Crippen LogP) is 3.19. The first-order valence-corrected chi connectivity index (χ1v) is 9.91. The number of rotatable bonds is 4. The molecule has 1 aliphatic rings. The number of benzene rings is 2. The van der Waals surface area contributed by atoms with E-state index in [1.807, 2.05) is 12.1 Å². The predicted molar refractivity (Wildman–Crippen MR) is 104 cm³/mol. The summed E-state index contributed by atoms with van der Waals surface area (Å²) in [5, 5.41) is 0.644. The van der Waals surface area contributed by atoms with Crippen LogP contribution >= 0.6 is 11.6 Å². The van der Waals surface area contributed by atoms with Crippen LogP contribution in [0.1, 0.15) is 11.1 Å². The molecule has 26 heavy (non-hydrogen) atoms. The number of carbonyl (C=O) groups is 1. The number of fused-ring (bicyclic) bond motifs is 1. The van der Waals surface area contributed by atoms with Crippen molar-refractivity contribution < 1.29 is 13.2 Å². The number of hydrogen-bond acceptors (Lipinski definition) is 3. The SMILES string of the molecule is CN(C)S(=O)(=O)c1ccc2c(c1)CCN2C(=O)/C=C/c1ccc(Cl)cc1. The molecule has 3 rings (SSSR count). The van der Waals surface area contributed by atoms with Gasteiger partial charge >= 0.3 is 0 Å². The number of carbonyl (C=O) groups excluding carboxylic acids is 1. The summed E-state index contributed by atoms with van der Waals surface area (Å²) in [6, 6.07) is 12.1. The molecule has 0 saturated carbocycles. The smallest absolute Gasteiger partial charge is 0.251 e. The van der Waals surface area contributed by atoms with Crippen LogP contribution in [0.5, 0.6) is 0 Å². The molecule has 136 valence electrons. The quantitative estimate of drug-likeness (QED) is 0.753. The van der Waals surface area contributed by atoms with Gasteiger partial charge in [0, 0.05) is 37.4 Å². The van der Waals surface area contributed by atoms with Crippen molar-refractivity contribution in [2.24, 2.45) is 0 Å². The van der Waals surface area contributed by atoms with Crippen LogP contribution in [0.15, 0.2) is 53.4 Å². The molecule has 0 saturated heterocycles. The minimum absolute atomic E-state index is 0.137. The van der Waals surface area contributed by atoms with Crippen LogP contribution in [0.25, 0.3) is 6.08 Å². The van der Waals surface area contributed by atoms with Gasteiger partial charge in [0.15, 0.2) is 0 Å². The van der Waals surface area contributed by atoms with Gasteiger partial charge in [-0.3, -0.25) is 4.79 Å². The van der Waals surface area contributed by atoms with E-state index in [1.54, 1.807) is 41.3 Å². The number of hydrogen-bond donors (Lipinski definition) is 0. The third-order valence-corrected chi connectivity index (χ3v) is 6.34. The fourth-order valence-corrected chi connectivity index (χ4v) is 3.89. The molecule has 0 aromatic heterocycles. The Morgan fingerprint density at radius 3 is 2.50 bits per heavy atom. The monoisotopic (exact) mass is 390 g/mol. The van der Waals surface area contributed by atoms with Crippen molar-refractivity contribution in [3.8, 4) is 0 Å². The third-order valence-electron chi connectivity index (χ3n) is 4.28. The lowest BCUT2D eigenvalue weighted by Gasteiger charge is -2.16. The summed E-state index contributed by atoms with van der Waals surface area (Å²) in [7, 11) is -0.481. The van der Waals surface area contributed by atoms with Crippen molar-refractivity contribution in [2.45, 2.75) is 11.3 Å². The van der Waals surface area contributed by atoms with Gasteiger partial charge in [-0.1, -0.05) is 23.7 Å². The second-order valence-electron chi connectivity index (χ2n) is 6.20. The van der Waals surface area contributed by atoms with E-state index in [-0.39, 0.29) is 10.8 Å². The Kier molecular flexibility index (Phi) is 5.18. The van der Waals surface area contributed by atoms with E-state index >= 15 is 0 Å². The highest BCUT2D eigenvalue weighted by molar-refractivity contribution is 7.89. The summed E-state index contributed by atoms with van der Waals surface area (Å²) >= 11 is 5.85. The lowest BCUT2D eigenvalue weighted by molar-refractivity contribution is -0.114. The molecule has 5 nitrogen and oxygen atoms in total. The van der Waals surface area contributed by atoms with Crippen LogP contribution in [-0.2, 0) is 21.2 Å². The van der Waals surface area contributed by atoms with Gasteiger partial charge in [-0.2, -0.15) is 0 Å². The van der Waals surface area contributed by atoms with Crippen molar-refractivity contribution >= 4 is 39.3 Å². The summed E-state index contributed by atoms with van der Waals surface area (Å²) in [4.78, 5) is 14.4. The largest absolute Gasteiger partial charge is 0.308 e. The Bertz CT molecular complexity index is 967. The zero-order chi connectivity index (χ0) is 18.9. The molecule has 0 bridgehead atoms. The van der Waals surface area contributed by atoms with Gasteiger partial charge in [0.25, 0.3) is 5.91 Å². The number of anilines is 1. The Morgan fingerprint density at radius 2 is 1.85 bits per heavy atom. The zero-order valence-corrected chi connectivity index (χ0v) is 16.1. The van der Waals surface area contributed by atoms with Gasteiger partial charge in [0.05, 0.1) is 4.90 Å². The maximum Gasteiger partial charge on any atom is 0.251 e. The topological polar surface area (TPSA) is 57.7 Å². The van der Waals surface area contributed by atoms with Crippen LogP contribution < -0.4 is 4.90 Å². The lowest BCUT2D eigenvalue weighted by atomic mass is 10.2. The van der Waals surface area contributed by atoms with E-state index in [9.17, 15) is 13.2 Å². The maximum atomic E-state index is 12.5. The van der Waals surface area contributed by atoms with E-state index in [0.29, 0.717) is 18.0 Å². The second-order valence-corrected chi connectivity index (χ2v) is 8.79. The first-order valence-electron chi connectivity index (χ1n) is 8.09. The standard InChI is InChI=1S/C19H19ClN2O3S/c1-21(2)26(24,25)17-8-9-18-15(13-17)11-12-22(18)19(23)10-5-14-3-6-16(20)7-4-14/h3-10,13H,11-12H2,1-2H3/b10-5+. The highest BCUT2D eigenvalue weighted by Crippen LogP contribution is 2.31. The van der Waals surface area contributed by atoms with Crippen molar-refractivity contribution in [3.05, 3.63) is 64.7 Å². The van der Waals surface area contributed by atoms with Gasteiger partial charge in [0.1, 0.15) is 0 Å². The Balaban J connectivity index is 1.81. The van der Waals surface area contributed by atoms with E-state index in [2.05, 4.69) is 0 Å². The summed E-state index contributed by atoms with van der Waals surface area (Å²) in [6.07, 6.45) is 3.89. The average Bonchev–Trinajstić information content (AvgIpc) is 3.04. The molecule has 0 spiro atoms. The van der Waals surface area contributed by atoms with E-state index in [4.69, 9.17) is 11.6 Å². The number of sulfonamides is 1. The molecule has 0 N–H and O–H groups in total. The number of halogens is 1. The van der Waals surface area contributed by atoms with Gasteiger partial charge in [-0.15, -0.1) is 0 Å². The Morgan fingerprint density at radius 1 is 1.15 bits per heavy atom. The Labute approximate surface area is 158 Å². The van der Waals surface area contributed by atoms with Crippen LogP contribution in [0.4, 0.5) is 5.69 Å². The molecule has 0 radical (unpaired) electrons. The third kappa shape index (κ3) is 3.67. The van der Waals surface area contributed by atoms with Crippen molar-refractivity contribution in [1.82, 2.24) is 4.31 Å². The number of amides is 1. The van der Waals surface area contributed by atoms with Crippen molar-refractivity contribution in [1.29, 1.82) is 0 Å². The Hall–Kier alpha value is -2.15. The summed E-state index contributed by atoms with van der Waals surface area (Å²) in [5.74, 6) is -0.137. The highest BCUT2D eigenvalue weighted by atomic mass is 35.5. The van der Waals surface area contributed by atoms with Gasteiger partial charge in [-0.25, -0.2) is 12.7 Å². The first kappa shape index (κ1) is 18.6. The molecule has 2 aromatic carbocycles. The van der Waals surface area contributed by atoms with Crippen molar-refractivity contribution in [3.63, 3.8) is 0 Å². The summed E-state index contributed by atoms with van der Waals surface area (Å²) in [5.41, 5.74) is 2.50. The molecule has 7 heteroatoms. The molecular formula is C19H19ClN2O3S. The highest BCUT2D eigenvalue weighted by Gasteiger charge is 2.26. The van der Waals surface area contributed by atoms with Gasteiger partial charge in [-0.05, 0) is 54.0 Å². The molecule has 1 heterocycles. The maximum absolute atomic E-state index is 12.5. The molecule has 0 unspecified atom stereocenters. The molecular weight excluding hydrogens is 372 g/mol. The molecule has 2 aromatic rings. The van der Waals surface area contributed by atoms with Crippen molar-refractivity contribution in [2.75, 3.05) is 25.5 Å². The van der Waals surface area contributed by atoms with Gasteiger partial charge < -0.3 is 4.90 Å². The van der Waals surface area contributed by atoms with E-state index < -0.39 is 10.0 Å². The second kappa shape index (κ2) is 7.23. The van der Waals surface area contributed by atoms with E-state index in [0.717, 1.165) is 16.8 Å². The first-order chi connectivity index (χ1) is 12.3. The zero-order valence-electron chi connectivity index (χ0n) is 14.5. The van der Waals surface area contributed by atoms with E-state index in [1.165, 1.54) is 24.5 Å².